The van der Waals surface area contributed by atoms with Crippen molar-refractivity contribution in [3.8, 4) is 17.2 Å². The maximum absolute atomic E-state index is 13.3. The van der Waals surface area contributed by atoms with Crippen LogP contribution in [0.15, 0.2) is 77.7 Å². The molecule has 0 spiro atoms. The van der Waals surface area contributed by atoms with Crippen LogP contribution in [0, 0.1) is 0 Å². The van der Waals surface area contributed by atoms with E-state index in [1.165, 1.54) is 0 Å². The summed E-state index contributed by atoms with van der Waals surface area (Å²) in [7, 11) is -2.65. The van der Waals surface area contributed by atoms with Gasteiger partial charge in [0, 0.05) is 26.7 Å². The number of likely N-dealkylation sites (tertiary alicyclic amines) is 1. The molecule has 0 unspecified atom stereocenters. The van der Waals surface area contributed by atoms with Gasteiger partial charge in [0.2, 0.25) is 10.0 Å². The Labute approximate surface area is 229 Å². The molecule has 3 atom stereocenters. The minimum Gasteiger partial charge on any atom is -0.453 e. The number of hydrogen-bond acceptors (Lipinski definition) is 8. The molecule has 0 aliphatic carbocycles. The molecule has 2 N–H and O–H groups in total. The van der Waals surface area contributed by atoms with Crippen LogP contribution in [0.1, 0.15) is 0 Å². The number of methoxy groups -OCH3 is 1. The van der Waals surface area contributed by atoms with Crippen LogP contribution >= 0.6 is 0 Å². The molecular weight excluding hydrogens is 551 g/mol. The van der Waals surface area contributed by atoms with Gasteiger partial charge in [-0.25, -0.2) is 13.1 Å². The quantitative estimate of drug-likeness (QED) is 0.415. The monoisotopic (exact) mass is 579 g/mol. The van der Waals surface area contributed by atoms with Gasteiger partial charge in [0.1, 0.15) is 5.75 Å². The van der Waals surface area contributed by atoms with Crippen LogP contribution in [0.4, 0.5) is 24.5 Å². The van der Waals surface area contributed by atoms with Gasteiger partial charge in [0.25, 0.3) is 0 Å². The predicted molar refractivity (Wildman–Crippen MR) is 140 cm³/mol. The van der Waals surface area contributed by atoms with Crippen LogP contribution in [-0.2, 0) is 14.8 Å². The fourth-order valence-electron chi connectivity index (χ4n) is 5.02. The first kappa shape index (κ1) is 28.2. The highest BCUT2D eigenvalue weighted by molar-refractivity contribution is 7.89. The summed E-state index contributed by atoms with van der Waals surface area (Å²) in [6.07, 6.45) is -6.07. The van der Waals surface area contributed by atoms with Crippen LogP contribution in [0.5, 0.6) is 17.2 Å². The third kappa shape index (κ3) is 6.03. The molecule has 9 nitrogen and oxygen atoms in total. The minimum absolute atomic E-state index is 0.184. The zero-order valence-electron chi connectivity index (χ0n) is 21.4. The second-order valence-corrected chi connectivity index (χ2v) is 11.2. The van der Waals surface area contributed by atoms with Crippen molar-refractivity contribution in [2.45, 2.75) is 29.4 Å². The Balaban J connectivity index is 1.45. The molecule has 0 bridgehead atoms. The Bertz CT molecular complexity index is 1390. The lowest BCUT2D eigenvalue weighted by Gasteiger charge is -2.48. The summed E-state index contributed by atoms with van der Waals surface area (Å²) in [6.45, 7) is 1.45. The molecule has 5 rings (SSSR count). The summed E-state index contributed by atoms with van der Waals surface area (Å²) in [4.78, 5) is 3.69. The lowest BCUT2D eigenvalue weighted by Crippen LogP contribution is -2.65. The number of aliphatic hydroxyl groups is 1. The molecule has 0 saturated carbocycles. The van der Waals surface area contributed by atoms with E-state index in [2.05, 4.69) is 9.46 Å². The number of halogens is 3. The molecule has 1 saturated heterocycles. The van der Waals surface area contributed by atoms with E-state index in [-0.39, 0.29) is 11.4 Å². The number of aliphatic hydroxyl groups excluding tert-OH is 1. The molecule has 3 aromatic rings. The molecular formula is C27H28F3N3O6S. The highest BCUT2D eigenvalue weighted by atomic mass is 32.2. The van der Waals surface area contributed by atoms with Gasteiger partial charge >= 0.3 is 6.36 Å². The fourth-order valence-corrected chi connectivity index (χ4v) is 6.27. The van der Waals surface area contributed by atoms with Gasteiger partial charge in [-0.2, -0.15) is 0 Å². The average Bonchev–Trinajstić information content (AvgIpc) is 2.91. The van der Waals surface area contributed by atoms with Gasteiger partial charge in [-0.05, 0) is 48.5 Å². The molecule has 3 aromatic carbocycles. The predicted octanol–water partition coefficient (Wildman–Crippen LogP) is 3.87. The molecule has 214 valence electrons. The molecule has 0 amide bonds. The summed E-state index contributed by atoms with van der Waals surface area (Å²) in [6, 6.07) is 17.1. The summed E-state index contributed by atoms with van der Waals surface area (Å²) >= 11 is 0. The van der Waals surface area contributed by atoms with E-state index in [1.54, 1.807) is 7.11 Å². The zero-order valence-corrected chi connectivity index (χ0v) is 22.2. The van der Waals surface area contributed by atoms with Crippen LogP contribution in [0.2, 0.25) is 0 Å². The lowest BCUT2D eigenvalue weighted by atomic mass is 9.94. The number of anilines is 2. The topological polar surface area (TPSA) is 101 Å². The van der Waals surface area contributed by atoms with Crippen molar-refractivity contribution >= 4 is 21.4 Å². The molecule has 40 heavy (non-hydrogen) atoms. The number of benzene rings is 3. The van der Waals surface area contributed by atoms with Crippen molar-refractivity contribution < 1.29 is 40.9 Å². The number of para-hydroxylation sites is 4. The van der Waals surface area contributed by atoms with Gasteiger partial charge in [-0.3, -0.25) is 4.90 Å². The van der Waals surface area contributed by atoms with E-state index < -0.39 is 40.3 Å². The van der Waals surface area contributed by atoms with Crippen molar-refractivity contribution in [3.63, 3.8) is 0 Å². The number of sulfonamides is 1. The molecule has 2 aliphatic heterocycles. The number of piperidine rings is 1. The van der Waals surface area contributed by atoms with Gasteiger partial charge < -0.3 is 24.2 Å². The third-order valence-corrected chi connectivity index (χ3v) is 8.30. The first-order valence-electron chi connectivity index (χ1n) is 12.5. The smallest absolute Gasteiger partial charge is 0.453 e. The Morgan fingerprint density at radius 2 is 1.57 bits per heavy atom. The maximum Gasteiger partial charge on any atom is 0.573 e. The van der Waals surface area contributed by atoms with Crippen molar-refractivity contribution in [1.82, 2.24) is 9.62 Å². The number of hydrogen-bond donors (Lipinski definition) is 2. The largest absolute Gasteiger partial charge is 0.573 e. The van der Waals surface area contributed by atoms with Gasteiger partial charge in [-0.15, -0.1) is 13.2 Å². The summed E-state index contributed by atoms with van der Waals surface area (Å²) in [5, 5.41) is 11.6. The Kier molecular flexibility index (Phi) is 7.93. The average molecular weight is 580 g/mol. The van der Waals surface area contributed by atoms with Gasteiger partial charge in [-0.1, -0.05) is 24.3 Å². The zero-order chi connectivity index (χ0) is 28.5. The Morgan fingerprint density at radius 1 is 0.975 bits per heavy atom. The summed E-state index contributed by atoms with van der Waals surface area (Å²) in [5.41, 5.74) is 1.45. The van der Waals surface area contributed by atoms with E-state index in [0.29, 0.717) is 31.2 Å². The second-order valence-electron chi connectivity index (χ2n) is 9.46. The Hall–Kier alpha value is -3.36. The molecule has 0 aromatic heterocycles. The minimum atomic E-state index is -4.90. The lowest BCUT2D eigenvalue weighted by molar-refractivity contribution is -0.274. The molecule has 2 heterocycles. The van der Waals surface area contributed by atoms with E-state index in [4.69, 9.17) is 9.47 Å². The van der Waals surface area contributed by atoms with E-state index in [0.717, 1.165) is 35.6 Å². The second kappa shape index (κ2) is 11.3. The van der Waals surface area contributed by atoms with Crippen molar-refractivity contribution in [1.29, 1.82) is 0 Å². The number of nitrogens with one attached hydrogen (secondary N) is 1. The molecule has 2 aliphatic rings. The van der Waals surface area contributed by atoms with Crippen LogP contribution in [0.25, 0.3) is 0 Å². The van der Waals surface area contributed by atoms with Crippen molar-refractivity contribution in [2.24, 2.45) is 0 Å². The third-order valence-electron chi connectivity index (χ3n) is 6.79. The molecule has 0 radical (unpaired) electrons. The number of fused-ring (bicyclic) bond motifs is 2. The molecule has 1 fully saturated rings. The number of alkyl halides is 3. The van der Waals surface area contributed by atoms with Gasteiger partial charge in [0.05, 0.1) is 41.1 Å². The number of ether oxygens (including phenoxy) is 3. The van der Waals surface area contributed by atoms with E-state index in [9.17, 15) is 26.7 Å². The van der Waals surface area contributed by atoms with Crippen molar-refractivity contribution in [2.75, 3.05) is 38.3 Å². The highest BCUT2D eigenvalue weighted by Crippen LogP contribution is 2.48. The van der Waals surface area contributed by atoms with Crippen LogP contribution < -0.4 is 19.1 Å². The SMILES string of the molecule is COCCN1C[C@@H](NS(=O)(=O)c2ccc(OC(F)(F)F)cc2)[C@H](O)[C@@H](N2c3ccccc3Oc3ccccc32)C1. The summed E-state index contributed by atoms with van der Waals surface area (Å²) < 4.78 is 81.9. The first-order chi connectivity index (χ1) is 19.1. The maximum atomic E-state index is 13.3. The number of nitrogens with zero attached hydrogens (tertiary/aromatic N) is 2. The normalized spacial score (nSPS) is 21.3. The fraction of sp³-hybridized carbons (Fsp3) is 0.333. The standard InChI is InChI=1S/C27H28F3N3O6S/c1-37-15-14-32-16-20(31-40(35,36)19-12-10-18(11-13-19)39-27(28,29)30)26(34)23(17-32)33-21-6-2-4-8-24(21)38-25-9-5-3-7-22(25)33/h2-13,20,23,26,31,34H,14-17H2,1H3/t20-,23+,26+/m1/s1. The van der Waals surface area contributed by atoms with Crippen LogP contribution in [0.3, 0.4) is 0 Å². The Morgan fingerprint density at radius 3 is 2.15 bits per heavy atom. The van der Waals surface area contributed by atoms with Crippen molar-refractivity contribution in [3.05, 3.63) is 72.8 Å². The van der Waals surface area contributed by atoms with E-state index >= 15 is 0 Å². The van der Waals surface area contributed by atoms with Gasteiger partial charge in [0.15, 0.2) is 11.5 Å². The van der Waals surface area contributed by atoms with Crippen LogP contribution in [-0.4, -0.2) is 76.3 Å². The highest BCUT2D eigenvalue weighted by Gasteiger charge is 2.43. The first-order valence-corrected chi connectivity index (χ1v) is 14.0. The summed E-state index contributed by atoms with van der Waals surface area (Å²) in [5.74, 6) is 0.654. The molecule has 13 heteroatoms. The number of rotatable bonds is 8. The van der Waals surface area contributed by atoms with E-state index in [1.807, 2.05) is 58.3 Å².